The highest BCUT2D eigenvalue weighted by Gasteiger charge is 2.33. The van der Waals surface area contributed by atoms with Crippen LogP contribution in [0.15, 0.2) is 52.3 Å². The Hall–Kier alpha value is -1.74. The molecule has 0 aromatic heterocycles. The van der Waals surface area contributed by atoms with Gasteiger partial charge in [0, 0.05) is 26.2 Å². The van der Waals surface area contributed by atoms with Crippen LogP contribution in [0.5, 0.6) is 0 Å². The minimum absolute atomic E-state index is 0.142. The molecule has 2 aromatic carbocycles. The van der Waals surface area contributed by atoms with Gasteiger partial charge in [-0.3, -0.25) is 0 Å². The van der Waals surface area contributed by atoms with Gasteiger partial charge in [0.1, 0.15) is 0 Å². The van der Waals surface area contributed by atoms with Gasteiger partial charge in [-0.25, -0.2) is 16.8 Å². The van der Waals surface area contributed by atoms with Crippen LogP contribution in [0.2, 0.25) is 0 Å². The minimum Gasteiger partial charge on any atom is -0.207 e. The summed E-state index contributed by atoms with van der Waals surface area (Å²) in [5, 5.41) is 0. The van der Waals surface area contributed by atoms with Crippen LogP contribution in [-0.4, -0.2) is 51.6 Å². The Labute approximate surface area is 180 Å². The molecule has 0 atom stereocenters. The highest BCUT2D eigenvalue weighted by molar-refractivity contribution is 7.89. The van der Waals surface area contributed by atoms with E-state index in [0.29, 0.717) is 0 Å². The standard InChI is InChI=1S/C22H30N2O4S2/c1-4-5-6-20-8-11-21(12-9-20)29(25,26)23-13-15-24(16-14-23)30(27,28)22-10-7-18(2)19(3)17-22/h7-12,17H,4-6,13-16H2,1-3H3. The van der Waals surface area contributed by atoms with Crippen LogP contribution < -0.4 is 0 Å². The van der Waals surface area contributed by atoms with E-state index in [9.17, 15) is 16.8 Å². The largest absolute Gasteiger partial charge is 0.243 e. The SMILES string of the molecule is CCCCc1ccc(S(=O)(=O)N2CCN(S(=O)(=O)c3ccc(C)c(C)c3)CC2)cc1. The zero-order valence-corrected chi connectivity index (χ0v) is 19.5. The predicted octanol–water partition coefficient (Wildman–Crippen LogP) is 3.34. The normalized spacial score (nSPS) is 16.6. The van der Waals surface area contributed by atoms with Crippen molar-refractivity contribution in [2.24, 2.45) is 0 Å². The molecular weight excluding hydrogens is 420 g/mol. The first-order chi connectivity index (χ1) is 14.2. The molecule has 0 saturated carbocycles. The van der Waals surface area contributed by atoms with Gasteiger partial charge in [0.05, 0.1) is 9.79 Å². The van der Waals surface area contributed by atoms with Gasteiger partial charge < -0.3 is 0 Å². The van der Waals surface area contributed by atoms with Gasteiger partial charge in [-0.15, -0.1) is 0 Å². The molecule has 0 spiro atoms. The summed E-state index contributed by atoms with van der Waals surface area (Å²) in [5.41, 5.74) is 3.07. The molecule has 0 unspecified atom stereocenters. The molecular formula is C22H30N2O4S2. The van der Waals surface area contributed by atoms with E-state index in [-0.39, 0.29) is 36.0 Å². The van der Waals surface area contributed by atoms with Crippen molar-refractivity contribution in [3.8, 4) is 0 Å². The molecule has 6 nitrogen and oxygen atoms in total. The van der Waals surface area contributed by atoms with E-state index in [4.69, 9.17) is 0 Å². The summed E-state index contributed by atoms with van der Waals surface area (Å²) in [5.74, 6) is 0. The van der Waals surface area contributed by atoms with Gasteiger partial charge in [0.15, 0.2) is 0 Å². The van der Waals surface area contributed by atoms with E-state index in [1.54, 1.807) is 30.3 Å². The van der Waals surface area contributed by atoms with Crippen molar-refractivity contribution in [3.63, 3.8) is 0 Å². The lowest BCUT2D eigenvalue weighted by atomic mass is 10.1. The van der Waals surface area contributed by atoms with Crippen molar-refractivity contribution in [2.75, 3.05) is 26.2 Å². The van der Waals surface area contributed by atoms with Crippen LogP contribution in [0, 0.1) is 13.8 Å². The molecule has 2 aromatic rings. The molecule has 3 rings (SSSR count). The van der Waals surface area contributed by atoms with Crippen molar-refractivity contribution in [1.29, 1.82) is 0 Å². The number of piperazine rings is 1. The van der Waals surface area contributed by atoms with E-state index in [0.717, 1.165) is 36.0 Å². The summed E-state index contributed by atoms with van der Waals surface area (Å²) in [7, 11) is -7.27. The molecule has 8 heteroatoms. The first kappa shape index (κ1) is 22.9. The zero-order valence-electron chi connectivity index (χ0n) is 17.8. The molecule has 0 radical (unpaired) electrons. The summed E-state index contributed by atoms with van der Waals surface area (Å²) < 4.78 is 54.6. The second-order valence-electron chi connectivity index (χ2n) is 7.80. The third-order valence-electron chi connectivity index (χ3n) is 5.69. The molecule has 0 aliphatic carbocycles. The summed E-state index contributed by atoms with van der Waals surface area (Å²) in [6.07, 6.45) is 3.10. The lowest BCUT2D eigenvalue weighted by Gasteiger charge is -2.33. The number of nitrogens with zero attached hydrogens (tertiary/aromatic N) is 2. The van der Waals surface area contributed by atoms with E-state index in [2.05, 4.69) is 6.92 Å². The number of aryl methyl sites for hydroxylation is 3. The van der Waals surface area contributed by atoms with Gasteiger partial charge in [0.25, 0.3) is 0 Å². The molecule has 0 N–H and O–H groups in total. The maximum atomic E-state index is 13.0. The quantitative estimate of drug-likeness (QED) is 0.648. The number of rotatable bonds is 7. The first-order valence-corrected chi connectivity index (χ1v) is 13.2. The third-order valence-corrected chi connectivity index (χ3v) is 9.50. The lowest BCUT2D eigenvalue weighted by molar-refractivity contribution is 0.273. The Morgan fingerprint density at radius 1 is 0.733 bits per heavy atom. The second-order valence-corrected chi connectivity index (χ2v) is 11.7. The molecule has 1 saturated heterocycles. The summed E-state index contributed by atoms with van der Waals surface area (Å²) in [6.45, 7) is 6.51. The number of hydrogen-bond acceptors (Lipinski definition) is 4. The van der Waals surface area contributed by atoms with Crippen LogP contribution >= 0.6 is 0 Å². The van der Waals surface area contributed by atoms with E-state index in [1.165, 1.54) is 8.61 Å². The Bertz CT molecular complexity index is 1090. The maximum absolute atomic E-state index is 13.0. The van der Waals surface area contributed by atoms with E-state index in [1.807, 2.05) is 26.0 Å². The number of sulfonamides is 2. The zero-order chi connectivity index (χ0) is 21.9. The van der Waals surface area contributed by atoms with Crippen LogP contribution in [0.1, 0.15) is 36.5 Å². The molecule has 164 valence electrons. The van der Waals surface area contributed by atoms with Crippen LogP contribution in [0.3, 0.4) is 0 Å². The second kappa shape index (κ2) is 9.18. The fourth-order valence-electron chi connectivity index (χ4n) is 3.53. The molecule has 1 aliphatic heterocycles. The fourth-order valence-corrected chi connectivity index (χ4v) is 6.46. The van der Waals surface area contributed by atoms with Gasteiger partial charge >= 0.3 is 0 Å². The molecule has 30 heavy (non-hydrogen) atoms. The predicted molar refractivity (Wildman–Crippen MR) is 118 cm³/mol. The Balaban J connectivity index is 1.70. The number of unbranched alkanes of at least 4 members (excludes halogenated alkanes) is 1. The third kappa shape index (κ3) is 4.77. The Kier molecular flexibility index (Phi) is 7.02. The highest BCUT2D eigenvalue weighted by atomic mass is 32.2. The minimum atomic E-state index is -3.64. The average Bonchev–Trinajstić information content (AvgIpc) is 2.74. The number of benzene rings is 2. The van der Waals surface area contributed by atoms with Crippen LogP contribution in [-0.2, 0) is 26.5 Å². The molecule has 0 amide bonds. The smallest absolute Gasteiger partial charge is 0.207 e. The topological polar surface area (TPSA) is 74.8 Å². The highest BCUT2D eigenvalue weighted by Crippen LogP contribution is 2.23. The Morgan fingerprint density at radius 3 is 1.73 bits per heavy atom. The fraction of sp³-hybridized carbons (Fsp3) is 0.455. The van der Waals surface area contributed by atoms with Gasteiger partial charge in [-0.2, -0.15) is 8.61 Å². The number of hydrogen-bond donors (Lipinski definition) is 0. The summed E-state index contributed by atoms with van der Waals surface area (Å²) in [6, 6.07) is 12.1. The summed E-state index contributed by atoms with van der Waals surface area (Å²) in [4.78, 5) is 0.512. The molecule has 1 fully saturated rings. The van der Waals surface area contributed by atoms with Crippen LogP contribution in [0.4, 0.5) is 0 Å². The van der Waals surface area contributed by atoms with Crippen molar-refractivity contribution >= 4 is 20.0 Å². The molecule has 1 aliphatic rings. The van der Waals surface area contributed by atoms with E-state index >= 15 is 0 Å². The molecule has 1 heterocycles. The van der Waals surface area contributed by atoms with Crippen LogP contribution in [0.25, 0.3) is 0 Å². The van der Waals surface area contributed by atoms with Crippen molar-refractivity contribution in [3.05, 3.63) is 59.2 Å². The first-order valence-electron chi connectivity index (χ1n) is 10.3. The maximum Gasteiger partial charge on any atom is 0.243 e. The lowest BCUT2D eigenvalue weighted by Crippen LogP contribution is -2.50. The van der Waals surface area contributed by atoms with Crippen molar-refractivity contribution in [2.45, 2.75) is 49.8 Å². The van der Waals surface area contributed by atoms with Gasteiger partial charge in [-0.05, 0) is 67.6 Å². The monoisotopic (exact) mass is 450 g/mol. The average molecular weight is 451 g/mol. The summed E-state index contributed by atoms with van der Waals surface area (Å²) >= 11 is 0. The Morgan fingerprint density at radius 2 is 1.23 bits per heavy atom. The van der Waals surface area contributed by atoms with E-state index < -0.39 is 20.0 Å². The molecule has 0 bridgehead atoms. The van der Waals surface area contributed by atoms with Crippen molar-refractivity contribution in [1.82, 2.24) is 8.61 Å². The van der Waals surface area contributed by atoms with Gasteiger partial charge in [0.2, 0.25) is 20.0 Å². The van der Waals surface area contributed by atoms with Gasteiger partial charge in [-0.1, -0.05) is 31.5 Å². The van der Waals surface area contributed by atoms with Crippen molar-refractivity contribution < 1.29 is 16.8 Å².